The van der Waals surface area contributed by atoms with Crippen molar-refractivity contribution >= 4 is 17.6 Å². The maximum Gasteiger partial charge on any atom is 0.358 e. The lowest BCUT2D eigenvalue weighted by Crippen LogP contribution is -2.13. The summed E-state index contributed by atoms with van der Waals surface area (Å²) < 4.78 is 6.31. The van der Waals surface area contributed by atoms with Crippen molar-refractivity contribution < 1.29 is 9.53 Å². The predicted octanol–water partition coefficient (Wildman–Crippen LogP) is 2.57. The molecule has 0 aliphatic rings. The molecule has 0 fully saturated rings. The van der Waals surface area contributed by atoms with Crippen molar-refractivity contribution in [3.63, 3.8) is 0 Å². The van der Waals surface area contributed by atoms with Crippen molar-refractivity contribution in [2.24, 2.45) is 0 Å². The molecule has 96 valence electrons. The van der Waals surface area contributed by atoms with Gasteiger partial charge in [0.05, 0.1) is 18.5 Å². The lowest BCUT2D eigenvalue weighted by Gasteiger charge is -2.07. The Labute approximate surface area is 115 Å². The van der Waals surface area contributed by atoms with E-state index in [1.807, 2.05) is 6.07 Å². The minimum absolute atomic E-state index is 0.117. The van der Waals surface area contributed by atoms with Gasteiger partial charge < -0.3 is 4.74 Å². The Bertz CT molecular complexity index is 641. The van der Waals surface area contributed by atoms with Gasteiger partial charge in [0, 0.05) is 5.02 Å². The molecule has 2 rings (SSSR count). The molecule has 0 unspecified atom stereocenters. The molecule has 0 saturated heterocycles. The standard InChI is InChI=1S/C13H10ClN3O2/c1-2-19-13(18)12-9(7-15)8-16-17(12)11-5-3-10(14)4-6-11/h3-6,8H,2H2,1H3. The summed E-state index contributed by atoms with van der Waals surface area (Å²) >= 11 is 5.81. The van der Waals surface area contributed by atoms with Gasteiger partial charge in [-0.15, -0.1) is 0 Å². The van der Waals surface area contributed by atoms with Crippen LogP contribution in [0.15, 0.2) is 30.5 Å². The van der Waals surface area contributed by atoms with E-state index in [1.165, 1.54) is 10.9 Å². The monoisotopic (exact) mass is 275 g/mol. The molecule has 5 nitrogen and oxygen atoms in total. The van der Waals surface area contributed by atoms with Crippen LogP contribution in [0.3, 0.4) is 0 Å². The highest BCUT2D eigenvalue weighted by molar-refractivity contribution is 6.30. The zero-order valence-corrected chi connectivity index (χ0v) is 10.9. The second kappa shape index (κ2) is 5.55. The van der Waals surface area contributed by atoms with E-state index in [-0.39, 0.29) is 17.9 Å². The van der Waals surface area contributed by atoms with Gasteiger partial charge in [0.1, 0.15) is 11.6 Å². The topological polar surface area (TPSA) is 67.9 Å². The Morgan fingerprint density at radius 2 is 2.16 bits per heavy atom. The van der Waals surface area contributed by atoms with Gasteiger partial charge in [0.25, 0.3) is 0 Å². The number of halogens is 1. The molecule has 0 aliphatic heterocycles. The summed E-state index contributed by atoms with van der Waals surface area (Å²) in [5, 5.41) is 13.6. The van der Waals surface area contributed by atoms with Gasteiger partial charge in [-0.3, -0.25) is 0 Å². The Morgan fingerprint density at radius 3 is 2.74 bits per heavy atom. The van der Waals surface area contributed by atoms with Gasteiger partial charge in [0.2, 0.25) is 0 Å². The zero-order valence-electron chi connectivity index (χ0n) is 10.1. The number of carbonyl (C=O) groups is 1. The van der Waals surface area contributed by atoms with E-state index >= 15 is 0 Å². The van der Waals surface area contributed by atoms with Crippen molar-refractivity contribution in [2.75, 3.05) is 6.61 Å². The highest BCUT2D eigenvalue weighted by Crippen LogP contribution is 2.18. The summed E-state index contributed by atoms with van der Waals surface area (Å²) in [6, 6.07) is 8.70. The molecule has 1 aromatic carbocycles. The minimum atomic E-state index is -0.577. The molecule has 0 radical (unpaired) electrons. The van der Waals surface area contributed by atoms with Gasteiger partial charge in [-0.05, 0) is 31.2 Å². The molecule has 1 heterocycles. The first kappa shape index (κ1) is 13.1. The molecular formula is C13H10ClN3O2. The highest BCUT2D eigenvalue weighted by Gasteiger charge is 2.20. The molecule has 0 N–H and O–H groups in total. The molecule has 2 aromatic rings. The smallest absolute Gasteiger partial charge is 0.358 e. The minimum Gasteiger partial charge on any atom is -0.461 e. The average molecular weight is 276 g/mol. The molecule has 0 aliphatic carbocycles. The fourth-order valence-electron chi connectivity index (χ4n) is 1.60. The van der Waals surface area contributed by atoms with Crippen LogP contribution < -0.4 is 0 Å². The Balaban J connectivity index is 2.52. The average Bonchev–Trinajstić information content (AvgIpc) is 2.83. The fourth-order valence-corrected chi connectivity index (χ4v) is 1.73. The van der Waals surface area contributed by atoms with Crippen molar-refractivity contribution in [3.8, 4) is 11.8 Å². The third-order valence-corrected chi connectivity index (χ3v) is 2.68. The molecule has 0 atom stereocenters. The van der Waals surface area contributed by atoms with Crippen LogP contribution in [0.25, 0.3) is 5.69 Å². The molecule has 6 heteroatoms. The maximum atomic E-state index is 11.9. The fraction of sp³-hybridized carbons (Fsp3) is 0.154. The number of nitrogens with zero attached hydrogens (tertiary/aromatic N) is 3. The van der Waals surface area contributed by atoms with Crippen LogP contribution in [0.2, 0.25) is 5.02 Å². The van der Waals surface area contributed by atoms with Gasteiger partial charge in [0.15, 0.2) is 5.69 Å². The van der Waals surface area contributed by atoms with Gasteiger partial charge >= 0.3 is 5.97 Å². The van der Waals surface area contributed by atoms with Gasteiger partial charge in [-0.1, -0.05) is 11.6 Å². The number of carbonyl (C=O) groups excluding carboxylic acids is 1. The number of benzene rings is 1. The van der Waals surface area contributed by atoms with E-state index in [2.05, 4.69) is 5.10 Å². The molecule has 0 amide bonds. The van der Waals surface area contributed by atoms with Gasteiger partial charge in [-0.25, -0.2) is 9.48 Å². The van der Waals surface area contributed by atoms with Crippen LogP contribution >= 0.6 is 11.6 Å². The second-order valence-electron chi connectivity index (χ2n) is 3.63. The highest BCUT2D eigenvalue weighted by atomic mass is 35.5. The van der Waals surface area contributed by atoms with E-state index in [1.54, 1.807) is 31.2 Å². The normalized spacial score (nSPS) is 9.95. The lowest BCUT2D eigenvalue weighted by atomic mass is 10.2. The number of rotatable bonds is 3. The van der Waals surface area contributed by atoms with Crippen LogP contribution in [-0.2, 0) is 4.74 Å². The molecule has 0 spiro atoms. The van der Waals surface area contributed by atoms with Crippen molar-refractivity contribution in [3.05, 3.63) is 46.7 Å². The maximum absolute atomic E-state index is 11.9. The summed E-state index contributed by atoms with van der Waals surface area (Å²) in [6.45, 7) is 1.93. The number of hydrogen-bond acceptors (Lipinski definition) is 4. The molecule has 0 saturated carbocycles. The first-order valence-corrected chi connectivity index (χ1v) is 5.96. The third kappa shape index (κ3) is 2.59. The third-order valence-electron chi connectivity index (χ3n) is 2.43. The van der Waals surface area contributed by atoms with Crippen LogP contribution in [0.1, 0.15) is 23.0 Å². The van der Waals surface area contributed by atoms with Crippen molar-refractivity contribution in [1.82, 2.24) is 9.78 Å². The van der Waals surface area contributed by atoms with Crippen LogP contribution in [0.5, 0.6) is 0 Å². The number of aromatic nitrogens is 2. The predicted molar refractivity (Wildman–Crippen MR) is 69.2 cm³/mol. The quantitative estimate of drug-likeness (QED) is 0.808. The van der Waals surface area contributed by atoms with Crippen LogP contribution in [0, 0.1) is 11.3 Å². The molecule has 0 bridgehead atoms. The van der Waals surface area contributed by atoms with E-state index in [0.717, 1.165) is 0 Å². The van der Waals surface area contributed by atoms with Crippen LogP contribution in [0.4, 0.5) is 0 Å². The molecule has 1 aromatic heterocycles. The number of esters is 1. The Kier molecular flexibility index (Phi) is 3.83. The number of nitriles is 1. The van der Waals surface area contributed by atoms with Crippen molar-refractivity contribution in [1.29, 1.82) is 5.26 Å². The summed E-state index contributed by atoms with van der Waals surface area (Å²) in [6.07, 6.45) is 1.33. The number of ether oxygens (including phenoxy) is 1. The van der Waals surface area contributed by atoms with E-state index in [0.29, 0.717) is 10.7 Å². The van der Waals surface area contributed by atoms with Gasteiger partial charge in [-0.2, -0.15) is 10.4 Å². The Hall–Kier alpha value is -2.32. The summed E-state index contributed by atoms with van der Waals surface area (Å²) in [4.78, 5) is 11.9. The van der Waals surface area contributed by atoms with E-state index in [4.69, 9.17) is 21.6 Å². The molecular weight excluding hydrogens is 266 g/mol. The summed E-state index contributed by atoms with van der Waals surface area (Å²) in [7, 11) is 0. The second-order valence-corrected chi connectivity index (χ2v) is 4.06. The van der Waals surface area contributed by atoms with Crippen LogP contribution in [-0.4, -0.2) is 22.4 Å². The van der Waals surface area contributed by atoms with E-state index < -0.39 is 5.97 Å². The lowest BCUT2D eigenvalue weighted by molar-refractivity contribution is 0.0515. The largest absolute Gasteiger partial charge is 0.461 e. The SMILES string of the molecule is CCOC(=O)c1c(C#N)cnn1-c1ccc(Cl)cc1. The van der Waals surface area contributed by atoms with Crippen molar-refractivity contribution in [2.45, 2.75) is 6.92 Å². The summed E-state index contributed by atoms with van der Waals surface area (Å²) in [5.41, 5.74) is 0.925. The first-order valence-electron chi connectivity index (χ1n) is 5.58. The Morgan fingerprint density at radius 1 is 1.47 bits per heavy atom. The number of hydrogen-bond donors (Lipinski definition) is 0. The zero-order chi connectivity index (χ0) is 13.8. The first-order chi connectivity index (χ1) is 9.17. The van der Waals surface area contributed by atoms with E-state index in [9.17, 15) is 4.79 Å². The molecule has 19 heavy (non-hydrogen) atoms. The summed E-state index contributed by atoms with van der Waals surface area (Å²) in [5.74, 6) is -0.577.